The molecule has 7 heteroatoms. The number of benzene rings is 2. The SMILES string of the molecule is Cc1c(-c2cc(C(=O)[O-])c3c(OCC4CC(C)(C)OC(C)(C)C4)ccc(C)c3n2)sc2ccccc12.[Na+]. The summed E-state index contributed by atoms with van der Waals surface area (Å²) >= 11 is 1.63. The van der Waals surface area contributed by atoms with E-state index in [4.69, 9.17) is 14.5 Å². The molecular weight excluding hydrogens is 493 g/mol. The molecule has 0 N–H and O–H groups in total. The van der Waals surface area contributed by atoms with Gasteiger partial charge in [0.05, 0.1) is 45.3 Å². The number of fused-ring (bicyclic) bond motifs is 2. The first kappa shape index (κ1) is 28.1. The Morgan fingerprint density at radius 3 is 2.43 bits per heavy atom. The summed E-state index contributed by atoms with van der Waals surface area (Å²) in [4.78, 5) is 18.3. The second-order valence-electron chi connectivity index (χ2n) is 11.2. The third-order valence-electron chi connectivity index (χ3n) is 7.01. The Labute approximate surface area is 244 Å². The molecule has 2 aromatic carbocycles. The van der Waals surface area contributed by atoms with Gasteiger partial charge in [0.15, 0.2) is 0 Å². The Morgan fingerprint density at radius 1 is 1.11 bits per heavy atom. The molecule has 3 heterocycles. The van der Waals surface area contributed by atoms with E-state index in [1.807, 2.05) is 31.2 Å². The fourth-order valence-electron chi connectivity index (χ4n) is 5.88. The molecule has 0 amide bonds. The summed E-state index contributed by atoms with van der Waals surface area (Å²) in [5, 5.41) is 14.0. The molecular formula is C30H32NNaO4S. The summed E-state index contributed by atoms with van der Waals surface area (Å²) in [5.74, 6) is -0.407. The number of carbonyl (C=O) groups is 1. The maximum Gasteiger partial charge on any atom is 1.00 e. The van der Waals surface area contributed by atoms with Crippen molar-refractivity contribution in [3.05, 3.63) is 59.2 Å². The normalized spacial score (nSPS) is 17.0. The van der Waals surface area contributed by atoms with Gasteiger partial charge < -0.3 is 19.4 Å². The third kappa shape index (κ3) is 5.59. The summed E-state index contributed by atoms with van der Waals surface area (Å²) < 4.78 is 13.7. The summed E-state index contributed by atoms with van der Waals surface area (Å²) in [5.41, 5.74) is 2.91. The molecule has 1 fully saturated rings. The van der Waals surface area contributed by atoms with E-state index >= 15 is 0 Å². The van der Waals surface area contributed by atoms with E-state index in [0.717, 1.165) is 38.9 Å². The van der Waals surface area contributed by atoms with Crippen molar-refractivity contribution in [3.8, 4) is 16.3 Å². The Morgan fingerprint density at radius 2 is 1.78 bits per heavy atom. The second-order valence-corrected chi connectivity index (χ2v) is 12.3. The number of pyridine rings is 1. The number of carbonyl (C=O) groups excluding carboxylic acids is 1. The van der Waals surface area contributed by atoms with Crippen molar-refractivity contribution in [2.45, 2.75) is 65.6 Å². The molecule has 0 aliphatic carbocycles. The molecule has 1 saturated heterocycles. The van der Waals surface area contributed by atoms with Gasteiger partial charge in [-0.05, 0) is 95.0 Å². The number of rotatable bonds is 5. The summed E-state index contributed by atoms with van der Waals surface area (Å²) in [6.45, 7) is 12.9. The first-order chi connectivity index (χ1) is 16.9. The summed E-state index contributed by atoms with van der Waals surface area (Å²) in [7, 11) is 0. The molecule has 0 bridgehead atoms. The van der Waals surface area contributed by atoms with Crippen LogP contribution in [-0.4, -0.2) is 28.8 Å². The number of ether oxygens (including phenoxy) is 2. The third-order valence-corrected chi connectivity index (χ3v) is 8.30. The fourth-order valence-corrected chi connectivity index (χ4v) is 7.05. The number of nitrogens with zero attached hydrogens (tertiary/aromatic N) is 1. The van der Waals surface area contributed by atoms with Gasteiger partial charge in [-0.2, -0.15) is 0 Å². The van der Waals surface area contributed by atoms with Gasteiger partial charge >= 0.3 is 29.6 Å². The molecule has 2 aromatic heterocycles. The molecule has 0 spiro atoms. The van der Waals surface area contributed by atoms with Crippen LogP contribution in [0, 0.1) is 19.8 Å². The zero-order valence-electron chi connectivity index (χ0n) is 22.7. The number of hydrogen-bond donors (Lipinski definition) is 0. The van der Waals surface area contributed by atoms with E-state index in [2.05, 4.69) is 46.8 Å². The van der Waals surface area contributed by atoms with Crippen LogP contribution in [0.3, 0.4) is 0 Å². The Hall–Kier alpha value is -1.96. The van der Waals surface area contributed by atoms with Crippen LogP contribution < -0.4 is 39.4 Å². The van der Waals surface area contributed by atoms with E-state index < -0.39 is 5.97 Å². The average molecular weight is 526 g/mol. The fraction of sp³-hybridized carbons (Fsp3) is 0.400. The van der Waals surface area contributed by atoms with E-state index in [-0.39, 0.29) is 46.3 Å². The first-order valence-corrected chi connectivity index (χ1v) is 13.2. The van der Waals surface area contributed by atoms with E-state index in [1.165, 1.54) is 0 Å². The molecule has 5 rings (SSSR count). The second kappa shape index (κ2) is 10.3. The van der Waals surface area contributed by atoms with Gasteiger partial charge in [-0.3, -0.25) is 0 Å². The molecule has 0 saturated carbocycles. The molecule has 188 valence electrons. The number of carboxylic acid groups (broad SMARTS) is 1. The topological polar surface area (TPSA) is 71.5 Å². The van der Waals surface area contributed by atoms with Crippen LogP contribution in [0.5, 0.6) is 5.75 Å². The predicted molar refractivity (Wildman–Crippen MR) is 144 cm³/mol. The van der Waals surface area contributed by atoms with Gasteiger partial charge in [0.1, 0.15) is 5.75 Å². The largest absolute Gasteiger partial charge is 1.00 e. The van der Waals surface area contributed by atoms with E-state index in [9.17, 15) is 9.90 Å². The molecule has 0 atom stereocenters. The van der Waals surface area contributed by atoms with Crippen molar-refractivity contribution in [2.24, 2.45) is 5.92 Å². The van der Waals surface area contributed by atoms with Crippen molar-refractivity contribution in [3.63, 3.8) is 0 Å². The number of thiophene rings is 1. The van der Waals surface area contributed by atoms with Crippen molar-refractivity contribution < 1.29 is 48.9 Å². The molecule has 37 heavy (non-hydrogen) atoms. The minimum atomic E-state index is -1.23. The van der Waals surface area contributed by atoms with Gasteiger partial charge in [0, 0.05) is 10.3 Å². The van der Waals surface area contributed by atoms with E-state index in [0.29, 0.717) is 34.9 Å². The molecule has 5 nitrogen and oxygen atoms in total. The quantitative estimate of drug-likeness (QED) is 0.373. The summed E-state index contributed by atoms with van der Waals surface area (Å²) in [6, 6.07) is 13.6. The number of carboxylic acids is 1. The smallest absolute Gasteiger partial charge is 0.545 e. The van der Waals surface area contributed by atoms with Crippen LogP contribution in [0.15, 0.2) is 42.5 Å². The van der Waals surface area contributed by atoms with Crippen molar-refractivity contribution in [1.82, 2.24) is 4.98 Å². The van der Waals surface area contributed by atoms with Gasteiger partial charge in [-0.15, -0.1) is 11.3 Å². The van der Waals surface area contributed by atoms with Crippen LogP contribution in [0.4, 0.5) is 0 Å². The molecule has 1 aliphatic heterocycles. The Bertz CT molecular complexity index is 1470. The molecule has 1 aliphatic rings. The van der Waals surface area contributed by atoms with Crippen LogP contribution >= 0.6 is 11.3 Å². The van der Waals surface area contributed by atoms with Crippen molar-refractivity contribution in [1.29, 1.82) is 0 Å². The van der Waals surface area contributed by atoms with Crippen LogP contribution in [-0.2, 0) is 4.74 Å². The minimum Gasteiger partial charge on any atom is -0.545 e. The van der Waals surface area contributed by atoms with Gasteiger partial charge in [-0.1, -0.05) is 24.3 Å². The monoisotopic (exact) mass is 525 g/mol. The van der Waals surface area contributed by atoms with Gasteiger partial charge in [-0.25, -0.2) is 4.98 Å². The zero-order chi connectivity index (χ0) is 25.8. The predicted octanol–water partition coefficient (Wildman–Crippen LogP) is 3.46. The number of aryl methyl sites for hydroxylation is 2. The Kier molecular flexibility index (Phi) is 7.82. The minimum absolute atomic E-state index is 0. The zero-order valence-corrected chi connectivity index (χ0v) is 25.5. The number of aromatic nitrogens is 1. The molecule has 0 radical (unpaired) electrons. The maximum atomic E-state index is 12.4. The first-order valence-electron chi connectivity index (χ1n) is 12.4. The standard InChI is InChI=1S/C30H33NO4S.Na/c1-17-11-12-23(34-16-19-14-29(3,4)35-30(5,6)15-19)25-21(28(32)33)13-22(31-26(17)25)27-18(2)20-9-7-8-10-24(20)36-27;/h7-13,19H,14-16H2,1-6H3,(H,32,33);/q;+1/p-1. The van der Waals surface area contributed by atoms with Crippen molar-refractivity contribution >= 4 is 38.3 Å². The van der Waals surface area contributed by atoms with Crippen LogP contribution in [0.2, 0.25) is 0 Å². The van der Waals surface area contributed by atoms with Gasteiger partial charge in [0.25, 0.3) is 0 Å². The van der Waals surface area contributed by atoms with Crippen LogP contribution in [0.1, 0.15) is 62.0 Å². The van der Waals surface area contributed by atoms with E-state index in [1.54, 1.807) is 17.4 Å². The summed E-state index contributed by atoms with van der Waals surface area (Å²) in [6.07, 6.45) is 1.75. The van der Waals surface area contributed by atoms with Crippen molar-refractivity contribution in [2.75, 3.05) is 6.61 Å². The Balaban J connectivity index is 0.00000320. The molecule has 0 unspecified atom stereocenters. The molecule has 4 aromatic rings. The van der Waals surface area contributed by atoms with Crippen LogP contribution in [0.25, 0.3) is 31.6 Å². The maximum absolute atomic E-state index is 12.4. The van der Waals surface area contributed by atoms with Gasteiger partial charge in [0.2, 0.25) is 0 Å². The number of aromatic carboxylic acids is 1. The average Bonchev–Trinajstić information content (AvgIpc) is 3.13. The number of hydrogen-bond acceptors (Lipinski definition) is 6.